The molecule has 2 heterocycles. The number of thioether (sulfide) groups is 1. The largest absolute Gasteiger partial charge is 0.490 e. The second-order valence-corrected chi connectivity index (χ2v) is 6.34. The number of para-hydroxylation sites is 1. The first-order chi connectivity index (χ1) is 12.7. The van der Waals surface area contributed by atoms with E-state index in [4.69, 9.17) is 14.0 Å². The maximum atomic E-state index is 12.3. The number of aromatic nitrogens is 2. The van der Waals surface area contributed by atoms with Crippen molar-refractivity contribution in [3.05, 3.63) is 71.7 Å². The molecule has 0 spiro atoms. The van der Waals surface area contributed by atoms with Gasteiger partial charge in [-0.2, -0.15) is 0 Å². The number of pyridine rings is 1. The number of ether oxygens (including phenoxy) is 2. The first-order valence-corrected chi connectivity index (χ1v) is 9.06. The molecule has 0 fully saturated rings. The van der Waals surface area contributed by atoms with Crippen LogP contribution < -0.4 is 4.74 Å². The molecular formula is C19H18N2O4S. The number of carbonyl (C=O) groups is 1. The van der Waals surface area contributed by atoms with E-state index in [0.29, 0.717) is 16.3 Å². The number of nitrogens with zero attached hydrogens (tertiary/aromatic N) is 2. The van der Waals surface area contributed by atoms with Gasteiger partial charge in [0.1, 0.15) is 29.7 Å². The Morgan fingerprint density at radius 1 is 1.15 bits per heavy atom. The Bertz CT molecular complexity index is 852. The van der Waals surface area contributed by atoms with Gasteiger partial charge in [0, 0.05) is 18.0 Å². The number of hydrogen-bond acceptors (Lipinski definition) is 7. The fourth-order valence-electron chi connectivity index (χ4n) is 2.18. The highest BCUT2D eigenvalue weighted by atomic mass is 32.2. The molecule has 7 heteroatoms. The van der Waals surface area contributed by atoms with Crippen molar-refractivity contribution in [2.24, 2.45) is 0 Å². The maximum absolute atomic E-state index is 12.3. The molecule has 134 valence electrons. The van der Waals surface area contributed by atoms with Gasteiger partial charge in [-0.25, -0.2) is 9.78 Å². The molecule has 0 atom stereocenters. The Morgan fingerprint density at radius 2 is 2.00 bits per heavy atom. The molecule has 0 aliphatic heterocycles. The summed E-state index contributed by atoms with van der Waals surface area (Å²) >= 11 is 1.41. The zero-order valence-corrected chi connectivity index (χ0v) is 15.1. The Morgan fingerprint density at radius 3 is 2.77 bits per heavy atom. The minimum atomic E-state index is -0.423. The first-order valence-electron chi connectivity index (χ1n) is 8.07. The standard InChI is InChI=1S/C19H18N2O4S/c1-14-12-15(21-25-14)13-26-18-17(8-5-9-20-18)19(22)24-11-10-23-16-6-3-2-4-7-16/h2-9,12H,10-11,13H2,1H3. The number of rotatable bonds is 8. The van der Waals surface area contributed by atoms with Crippen molar-refractivity contribution in [3.8, 4) is 5.75 Å². The lowest BCUT2D eigenvalue weighted by molar-refractivity contribution is 0.0445. The van der Waals surface area contributed by atoms with Crippen molar-refractivity contribution in [1.82, 2.24) is 10.1 Å². The monoisotopic (exact) mass is 370 g/mol. The lowest BCUT2D eigenvalue weighted by Crippen LogP contribution is -2.13. The van der Waals surface area contributed by atoms with E-state index < -0.39 is 5.97 Å². The van der Waals surface area contributed by atoms with E-state index in [0.717, 1.165) is 17.2 Å². The third-order valence-corrected chi connectivity index (χ3v) is 4.39. The lowest BCUT2D eigenvalue weighted by atomic mass is 10.3. The van der Waals surface area contributed by atoms with E-state index >= 15 is 0 Å². The quantitative estimate of drug-likeness (QED) is 0.338. The van der Waals surface area contributed by atoms with Gasteiger partial charge in [-0.05, 0) is 31.2 Å². The Labute approximate surface area is 155 Å². The van der Waals surface area contributed by atoms with Crippen molar-refractivity contribution in [2.75, 3.05) is 13.2 Å². The average molecular weight is 370 g/mol. The van der Waals surface area contributed by atoms with Crippen LogP contribution >= 0.6 is 11.8 Å². The fraction of sp³-hybridized carbons (Fsp3) is 0.211. The molecule has 3 rings (SSSR count). The molecule has 2 aromatic heterocycles. The molecular weight excluding hydrogens is 352 g/mol. The number of benzene rings is 1. The maximum Gasteiger partial charge on any atom is 0.341 e. The van der Waals surface area contributed by atoms with Crippen molar-refractivity contribution in [3.63, 3.8) is 0 Å². The van der Waals surface area contributed by atoms with Crippen LogP contribution in [-0.4, -0.2) is 29.3 Å². The Kier molecular flexibility index (Phi) is 6.27. The highest BCUT2D eigenvalue weighted by Crippen LogP contribution is 2.24. The SMILES string of the molecule is Cc1cc(CSc2ncccc2C(=O)OCCOc2ccccc2)no1. The summed E-state index contributed by atoms with van der Waals surface area (Å²) in [5, 5.41) is 4.54. The molecule has 0 bridgehead atoms. The predicted octanol–water partition coefficient (Wildman–Crippen LogP) is 3.91. The van der Waals surface area contributed by atoms with Crippen LogP contribution in [-0.2, 0) is 10.5 Å². The molecule has 0 radical (unpaired) electrons. The van der Waals surface area contributed by atoms with Gasteiger partial charge in [-0.15, -0.1) is 0 Å². The van der Waals surface area contributed by atoms with Gasteiger partial charge in [-0.3, -0.25) is 0 Å². The smallest absolute Gasteiger partial charge is 0.341 e. The topological polar surface area (TPSA) is 74.5 Å². The van der Waals surface area contributed by atoms with Crippen LogP contribution in [0.2, 0.25) is 0 Å². The number of hydrogen-bond donors (Lipinski definition) is 0. The molecule has 0 aliphatic rings. The van der Waals surface area contributed by atoms with Crippen LogP contribution in [0.1, 0.15) is 21.8 Å². The van der Waals surface area contributed by atoms with Crippen molar-refractivity contribution < 1.29 is 18.8 Å². The van der Waals surface area contributed by atoms with E-state index in [1.807, 2.05) is 43.3 Å². The number of esters is 1. The highest BCUT2D eigenvalue weighted by molar-refractivity contribution is 7.98. The summed E-state index contributed by atoms with van der Waals surface area (Å²) < 4.78 is 15.9. The summed E-state index contributed by atoms with van der Waals surface area (Å²) in [6.45, 7) is 2.29. The highest BCUT2D eigenvalue weighted by Gasteiger charge is 2.15. The molecule has 1 aromatic carbocycles. The molecule has 0 unspecified atom stereocenters. The van der Waals surface area contributed by atoms with Crippen LogP contribution in [0.4, 0.5) is 0 Å². The summed E-state index contributed by atoms with van der Waals surface area (Å²) in [7, 11) is 0. The van der Waals surface area contributed by atoms with Crippen molar-refractivity contribution in [2.45, 2.75) is 17.7 Å². The minimum Gasteiger partial charge on any atom is -0.490 e. The van der Waals surface area contributed by atoms with Gasteiger partial charge in [-0.1, -0.05) is 35.1 Å². The first kappa shape index (κ1) is 18.0. The molecule has 0 saturated carbocycles. The van der Waals surface area contributed by atoms with E-state index in [-0.39, 0.29) is 13.2 Å². The van der Waals surface area contributed by atoms with Crippen molar-refractivity contribution in [1.29, 1.82) is 0 Å². The van der Waals surface area contributed by atoms with Gasteiger partial charge in [0.05, 0.1) is 11.3 Å². The molecule has 0 aliphatic carbocycles. The molecule has 26 heavy (non-hydrogen) atoms. The number of carbonyl (C=O) groups excluding carboxylic acids is 1. The Hall–Kier alpha value is -2.80. The minimum absolute atomic E-state index is 0.162. The van der Waals surface area contributed by atoms with E-state index in [1.165, 1.54) is 11.8 Å². The second kappa shape index (κ2) is 9.05. The third kappa shape index (κ3) is 5.10. The normalized spacial score (nSPS) is 10.5. The molecule has 6 nitrogen and oxygen atoms in total. The summed E-state index contributed by atoms with van der Waals surface area (Å²) in [5.41, 5.74) is 1.23. The van der Waals surface area contributed by atoms with E-state index in [9.17, 15) is 4.79 Å². The average Bonchev–Trinajstić information content (AvgIpc) is 3.10. The van der Waals surface area contributed by atoms with Crippen LogP contribution in [0.15, 0.2) is 64.3 Å². The van der Waals surface area contributed by atoms with E-state index in [1.54, 1.807) is 18.3 Å². The van der Waals surface area contributed by atoms with Gasteiger partial charge in [0.2, 0.25) is 0 Å². The zero-order valence-electron chi connectivity index (χ0n) is 14.3. The molecule has 0 amide bonds. The summed E-state index contributed by atoms with van der Waals surface area (Å²) in [5.74, 6) is 1.63. The molecule has 0 saturated heterocycles. The summed E-state index contributed by atoms with van der Waals surface area (Å²) in [4.78, 5) is 16.6. The van der Waals surface area contributed by atoms with Crippen molar-refractivity contribution >= 4 is 17.7 Å². The van der Waals surface area contributed by atoms with Gasteiger partial charge in [0.15, 0.2) is 0 Å². The van der Waals surface area contributed by atoms with Crippen LogP contribution in [0, 0.1) is 6.92 Å². The summed E-state index contributed by atoms with van der Waals surface area (Å²) in [6, 6.07) is 14.6. The van der Waals surface area contributed by atoms with Crippen LogP contribution in [0.3, 0.4) is 0 Å². The van der Waals surface area contributed by atoms with Crippen LogP contribution in [0.5, 0.6) is 5.75 Å². The fourth-order valence-corrected chi connectivity index (χ4v) is 3.04. The van der Waals surface area contributed by atoms with Gasteiger partial charge < -0.3 is 14.0 Å². The van der Waals surface area contributed by atoms with Gasteiger partial charge in [0.25, 0.3) is 0 Å². The predicted molar refractivity (Wildman–Crippen MR) is 97.3 cm³/mol. The molecule has 0 N–H and O–H groups in total. The zero-order chi connectivity index (χ0) is 18.2. The lowest BCUT2D eigenvalue weighted by Gasteiger charge is -2.09. The summed E-state index contributed by atoms with van der Waals surface area (Å²) in [6.07, 6.45) is 1.64. The third-order valence-electron chi connectivity index (χ3n) is 3.35. The Balaban J connectivity index is 1.52. The number of aryl methyl sites for hydroxylation is 1. The van der Waals surface area contributed by atoms with Gasteiger partial charge >= 0.3 is 5.97 Å². The van der Waals surface area contributed by atoms with Crippen LogP contribution in [0.25, 0.3) is 0 Å². The second-order valence-electron chi connectivity index (χ2n) is 5.37. The van der Waals surface area contributed by atoms with E-state index in [2.05, 4.69) is 10.1 Å². The molecule has 3 aromatic rings.